The average Bonchev–Trinajstić information content (AvgIpc) is 3.22. The Bertz CT molecular complexity index is 1190. The lowest BCUT2D eigenvalue weighted by Gasteiger charge is -2.14. The van der Waals surface area contributed by atoms with E-state index in [0.29, 0.717) is 12.2 Å². The third kappa shape index (κ3) is 5.74. The van der Waals surface area contributed by atoms with Gasteiger partial charge < -0.3 is 14.4 Å². The van der Waals surface area contributed by atoms with Crippen LogP contribution >= 0.6 is 22.9 Å². The number of likely N-dealkylation sites (N-methyl/N-ethyl adjacent to an activating group) is 1. The summed E-state index contributed by atoms with van der Waals surface area (Å²) in [7, 11) is 3.05. The molecule has 0 bridgehead atoms. The van der Waals surface area contributed by atoms with Gasteiger partial charge in [-0.15, -0.1) is 5.10 Å². The molecule has 0 radical (unpaired) electrons. The molecular formula is C21H21ClFN5O4S. The van der Waals surface area contributed by atoms with Crippen LogP contribution in [0.3, 0.4) is 0 Å². The number of ether oxygens (including phenoxy) is 2. The van der Waals surface area contributed by atoms with E-state index in [1.807, 2.05) is 0 Å². The van der Waals surface area contributed by atoms with Gasteiger partial charge in [0, 0.05) is 31.4 Å². The minimum absolute atomic E-state index is 0.0523. The molecule has 2 amide bonds. The van der Waals surface area contributed by atoms with E-state index in [0.717, 1.165) is 11.3 Å². The van der Waals surface area contributed by atoms with Crippen molar-refractivity contribution in [1.29, 1.82) is 0 Å². The number of rotatable bonds is 8. The maximum absolute atomic E-state index is 14.9. The number of hydrogen-bond acceptors (Lipinski definition) is 8. The molecule has 3 aromatic rings. The zero-order valence-corrected chi connectivity index (χ0v) is 19.9. The molecule has 2 aromatic heterocycles. The number of nitrogens with zero attached hydrogens (tertiary/aromatic N) is 4. The number of hydrogen-bond donors (Lipinski definition) is 1. The Hall–Kier alpha value is -3.31. The molecule has 33 heavy (non-hydrogen) atoms. The van der Waals surface area contributed by atoms with Crippen LogP contribution in [0, 0.1) is 12.7 Å². The van der Waals surface area contributed by atoms with Crippen molar-refractivity contribution in [3.63, 3.8) is 0 Å². The molecule has 9 nitrogen and oxygen atoms in total. The van der Waals surface area contributed by atoms with Gasteiger partial charge >= 0.3 is 0 Å². The average molecular weight is 494 g/mol. The first-order valence-electron chi connectivity index (χ1n) is 9.69. The van der Waals surface area contributed by atoms with Gasteiger partial charge in [-0.1, -0.05) is 16.7 Å². The van der Waals surface area contributed by atoms with Crippen molar-refractivity contribution in [3.05, 3.63) is 46.5 Å². The first-order chi connectivity index (χ1) is 15.7. The molecule has 1 N–H and O–H groups in total. The van der Waals surface area contributed by atoms with Gasteiger partial charge in [0.2, 0.25) is 11.0 Å². The minimum atomic E-state index is -0.710. The number of carbonyl (C=O) groups is 2. The zero-order valence-electron chi connectivity index (χ0n) is 18.3. The summed E-state index contributed by atoms with van der Waals surface area (Å²) in [6.07, 6.45) is 1.34. The summed E-state index contributed by atoms with van der Waals surface area (Å²) < 4.78 is 25.7. The normalized spacial score (nSPS) is 10.6. The topological polar surface area (TPSA) is 107 Å². The van der Waals surface area contributed by atoms with Crippen molar-refractivity contribution in [3.8, 4) is 22.1 Å². The third-order valence-corrected chi connectivity index (χ3v) is 5.69. The summed E-state index contributed by atoms with van der Waals surface area (Å²) in [6.45, 7) is 3.77. The quantitative estimate of drug-likeness (QED) is 0.508. The predicted octanol–water partition coefficient (Wildman–Crippen LogP) is 3.82. The van der Waals surface area contributed by atoms with E-state index >= 15 is 0 Å². The minimum Gasteiger partial charge on any atom is -0.496 e. The number of aryl methyl sites for hydroxylation is 1. The van der Waals surface area contributed by atoms with Gasteiger partial charge in [-0.25, -0.2) is 4.39 Å². The van der Waals surface area contributed by atoms with Crippen LogP contribution in [-0.2, 0) is 4.79 Å². The van der Waals surface area contributed by atoms with E-state index in [-0.39, 0.29) is 50.3 Å². The van der Waals surface area contributed by atoms with Crippen LogP contribution in [0.4, 0.5) is 9.52 Å². The molecule has 0 saturated heterocycles. The third-order valence-electron chi connectivity index (χ3n) is 4.65. The fourth-order valence-electron chi connectivity index (χ4n) is 2.81. The van der Waals surface area contributed by atoms with E-state index < -0.39 is 11.7 Å². The summed E-state index contributed by atoms with van der Waals surface area (Å²) >= 11 is 6.99. The molecule has 0 unspecified atom stereocenters. The maximum atomic E-state index is 14.9. The van der Waals surface area contributed by atoms with E-state index in [1.165, 1.54) is 37.3 Å². The first-order valence-corrected chi connectivity index (χ1v) is 10.9. The molecular weight excluding hydrogens is 473 g/mol. The first kappa shape index (κ1) is 24.3. The summed E-state index contributed by atoms with van der Waals surface area (Å²) in [4.78, 5) is 29.9. The highest BCUT2D eigenvalue weighted by Gasteiger charge is 2.23. The lowest BCUT2D eigenvalue weighted by molar-refractivity contribution is -0.127. The Balaban J connectivity index is 1.82. The Morgan fingerprint density at radius 1 is 1.30 bits per heavy atom. The Morgan fingerprint density at radius 3 is 2.76 bits per heavy atom. The highest BCUT2D eigenvalue weighted by molar-refractivity contribution is 7.17. The van der Waals surface area contributed by atoms with Crippen LogP contribution in [0.1, 0.15) is 23.0 Å². The maximum Gasteiger partial charge on any atom is 0.295 e. The van der Waals surface area contributed by atoms with Crippen molar-refractivity contribution in [1.82, 2.24) is 20.1 Å². The second kappa shape index (κ2) is 10.5. The molecule has 2 heterocycles. The Morgan fingerprint density at radius 2 is 2.06 bits per heavy atom. The monoisotopic (exact) mass is 493 g/mol. The number of anilines is 1. The van der Waals surface area contributed by atoms with Crippen LogP contribution in [0.15, 0.2) is 24.4 Å². The van der Waals surface area contributed by atoms with Crippen molar-refractivity contribution < 1.29 is 23.5 Å². The van der Waals surface area contributed by atoms with Gasteiger partial charge in [0.1, 0.15) is 12.4 Å². The number of carbonyl (C=O) groups excluding carboxylic acids is 2. The van der Waals surface area contributed by atoms with E-state index in [1.54, 1.807) is 20.0 Å². The van der Waals surface area contributed by atoms with Gasteiger partial charge in [-0.05, 0) is 36.5 Å². The highest BCUT2D eigenvalue weighted by Crippen LogP contribution is 2.38. The fraction of sp³-hybridized carbons (Fsp3) is 0.286. The second-order valence-electron chi connectivity index (χ2n) is 6.93. The molecule has 12 heteroatoms. The van der Waals surface area contributed by atoms with E-state index in [4.69, 9.17) is 21.1 Å². The smallest absolute Gasteiger partial charge is 0.295 e. The number of pyridine rings is 1. The summed E-state index contributed by atoms with van der Waals surface area (Å²) in [5.74, 6) is -1.14. The van der Waals surface area contributed by atoms with Crippen molar-refractivity contribution in [2.24, 2.45) is 0 Å². The number of methoxy groups -OCH3 is 1. The number of benzene rings is 1. The van der Waals surface area contributed by atoms with E-state index in [2.05, 4.69) is 20.5 Å². The highest BCUT2D eigenvalue weighted by atomic mass is 35.5. The molecule has 0 aliphatic rings. The largest absolute Gasteiger partial charge is 0.496 e. The Kier molecular flexibility index (Phi) is 7.77. The molecule has 0 saturated carbocycles. The number of nitrogens with one attached hydrogen (secondary N) is 1. The molecule has 0 atom stereocenters. The van der Waals surface area contributed by atoms with Crippen LogP contribution in [0.25, 0.3) is 11.1 Å². The van der Waals surface area contributed by atoms with Crippen LogP contribution in [-0.4, -0.2) is 59.2 Å². The summed E-state index contributed by atoms with van der Waals surface area (Å²) in [6, 6.07) is 4.48. The predicted molar refractivity (Wildman–Crippen MR) is 123 cm³/mol. The molecule has 0 aliphatic heterocycles. The molecule has 3 rings (SSSR count). The van der Waals surface area contributed by atoms with Gasteiger partial charge in [-0.2, -0.15) is 0 Å². The van der Waals surface area contributed by atoms with E-state index in [9.17, 15) is 14.0 Å². The SMILES string of the molecule is COc1ccc(Cl)c(F)c1-c1cc(C)ncc1C(=O)Nc1nnc(OCCN(C)C(C)=O)s1. The number of aromatic nitrogens is 3. The summed E-state index contributed by atoms with van der Waals surface area (Å²) in [5, 5.41) is 10.7. The van der Waals surface area contributed by atoms with Crippen LogP contribution in [0.2, 0.25) is 5.02 Å². The van der Waals surface area contributed by atoms with Crippen molar-refractivity contribution >= 4 is 39.9 Å². The van der Waals surface area contributed by atoms with Gasteiger partial charge in [0.25, 0.3) is 11.1 Å². The Labute approximate surface area is 198 Å². The lowest BCUT2D eigenvalue weighted by atomic mass is 9.98. The summed E-state index contributed by atoms with van der Waals surface area (Å²) in [5.41, 5.74) is 0.993. The second-order valence-corrected chi connectivity index (χ2v) is 8.27. The standard InChI is InChI=1S/C21H21ClFN5O4S/c1-11-9-13(17-16(31-4)6-5-15(22)18(17)23)14(10-24-11)19(30)25-20-26-27-21(33-20)32-8-7-28(3)12(2)29/h5-6,9-10H,7-8H2,1-4H3,(H,25,26,30). The van der Waals surface area contributed by atoms with Crippen molar-refractivity contribution in [2.45, 2.75) is 13.8 Å². The van der Waals surface area contributed by atoms with Gasteiger partial charge in [0.15, 0.2) is 5.82 Å². The molecule has 0 aliphatic carbocycles. The molecule has 1 aromatic carbocycles. The van der Waals surface area contributed by atoms with Crippen LogP contribution < -0.4 is 14.8 Å². The van der Waals surface area contributed by atoms with Crippen LogP contribution in [0.5, 0.6) is 10.9 Å². The zero-order chi connectivity index (χ0) is 24.1. The lowest BCUT2D eigenvalue weighted by Crippen LogP contribution is -2.28. The molecule has 0 fully saturated rings. The molecule has 0 spiro atoms. The molecule has 174 valence electrons. The fourth-order valence-corrected chi connectivity index (χ4v) is 3.58. The van der Waals surface area contributed by atoms with Crippen molar-refractivity contribution in [2.75, 3.05) is 32.6 Å². The number of amides is 2. The van der Waals surface area contributed by atoms with Gasteiger partial charge in [0.05, 0.1) is 29.8 Å². The number of halogens is 2. The van der Waals surface area contributed by atoms with Gasteiger partial charge in [-0.3, -0.25) is 19.9 Å².